The van der Waals surface area contributed by atoms with Crippen molar-refractivity contribution in [2.24, 2.45) is 0 Å². The Morgan fingerprint density at radius 1 is 1.19 bits per heavy atom. The second-order valence-electron chi connectivity index (χ2n) is 4.33. The fourth-order valence-corrected chi connectivity index (χ4v) is 2.28. The summed E-state index contributed by atoms with van der Waals surface area (Å²) in [4.78, 5) is 0. The van der Waals surface area contributed by atoms with E-state index < -0.39 is 0 Å². The second kappa shape index (κ2) is 7.18. The van der Waals surface area contributed by atoms with Crippen molar-refractivity contribution >= 4 is 17.3 Å². The maximum Gasteiger partial charge on any atom is 0.165 e. The van der Waals surface area contributed by atoms with Crippen LogP contribution in [0.3, 0.4) is 0 Å². The normalized spacial score (nSPS) is 10.3. The fraction of sp³-hybridized carbons (Fsp3) is 0.250. The Bertz CT molecular complexity index is 599. The lowest BCUT2D eigenvalue weighted by atomic mass is 10.1. The summed E-state index contributed by atoms with van der Waals surface area (Å²) in [5.74, 6) is 0.917. The van der Waals surface area contributed by atoms with Gasteiger partial charge in [-0.2, -0.15) is 0 Å². The summed E-state index contributed by atoms with van der Waals surface area (Å²) in [6.07, 6.45) is 0. The first kappa shape index (κ1) is 15.4. The van der Waals surface area contributed by atoms with Gasteiger partial charge in [0.1, 0.15) is 5.82 Å². The predicted octanol–water partition coefficient (Wildman–Crippen LogP) is 4.50. The molecular weight excluding hydrogens is 293 g/mol. The molecule has 0 aliphatic rings. The van der Waals surface area contributed by atoms with Gasteiger partial charge in [0.15, 0.2) is 11.5 Å². The van der Waals surface area contributed by atoms with Gasteiger partial charge < -0.3 is 14.8 Å². The monoisotopic (exact) mass is 309 g/mol. The molecule has 2 aromatic rings. The molecule has 0 unspecified atom stereocenters. The first-order valence-corrected chi connectivity index (χ1v) is 7.01. The highest BCUT2D eigenvalue weighted by molar-refractivity contribution is 6.33. The average molecular weight is 310 g/mol. The number of hydrogen-bond donors (Lipinski definition) is 1. The van der Waals surface area contributed by atoms with Gasteiger partial charge >= 0.3 is 0 Å². The Labute approximate surface area is 128 Å². The minimum atomic E-state index is -0.387. The minimum Gasteiger partial charge on any atom is -0.493 e. The van der Waals surface area contributed by atoms with Crippen molar-refractivity contribution < 1.29 is 13.9 Å². The quantitative estimate of drug-likeness (QED) is 0.852. The summed E-state index contributed by atoms with van der Waals surface area (Å²) in [6, 6.07) is 10.2. The van der Waals surface area contributed by atoms with Crippen LogP contribution in [0.25, 0.3) is 0 Å². The molecule has 0 bridgehead atoms. The molecule has 21 heavy (non-hydrogen) atoms. The number of hydrogen-bond acceptors (Lipinski definition) is 3. The van der Waals surface area contributed by atoms with Gasteiger partial charge in [0.25, 0.3) is 0 Å². The number of rotatable bonds is 6. The van der Waals surface area contributed by atoms with Crippen LogP contribution in [-0.2, 0) is 6.54 Å². The highest BCUT2D eigenvalue weighted by atomic mass is 35.5. The van der Waals surface area contributed by atoms with Crippen LogP contribution in [0.2, 0.25) is 5.02 Å². The summed E-state index contributed by atoms with van der Waals surface area (Å²) in [6.45, 7) is 2.83. The highest BCUT2D eigenvalue weighted by Gasteiger charge is 2.11. The van der Waals surface area contributed by atoms with E-state index in [2.05, 4.69) is 5.32 Å². The van der Waals surface area contributed by atoms with Crippen molar-refractivity contribution in [2.75, 3.05) is 19.0 Å². The summed E-state index contributed by atoms with van der Waals surface area (Å²) < 4.78 is 24.6. The molecule has 112 valence electrons. The molecule has 0 aromatic heterocycles. The van der Waals surface area contributed by atoms with Crippen LogP contribution in [0.15, 0.2) is 36.4 Å². The van der Waals surface area contributed by atoms with Crippen molar-refractivity contribution in [3.63, 3.8) is 0 Å². The topological polar surface area (TPSA) is 30.5 Å². The highest BCUT2D eigenvalue weighted by Crippen LogP contribution is 2.32. The van der Waals surface area contributed by atoms with Crippen LogP contribution in [0.1, 0.15) is 12.5 Å². The van der Waals surface area contributed by atoms with E-state index in [4.69, 9.17) is 21.1 Å². The van der Waals surface area contributed by atoms with Crippen LogP contribution >= 0.6 is 11.6 Å². The number of nitrogens with one attached hydrogen (secondary N) is 1. The van der Waals surface area contributed by atoms with Crippen molar-refractivity contribution in [1.82, 2.24) is 0 Å². The van der Waals surface area contributed by atoms with E-state index in [1.807, 2.05) is 25.1 Å². The zero-order valence-electron chi connectivity index (χ0n) is 12.0. The molecule has 0 fully saturated rings. The largest absolute Gasteiger partial charge is 0.493 e. The third-order valence-electron chi connectivity index (χ3n) is 2.98. The Morgan fingerprint density at radius 3 is 2.62 bits per heavy atom. The molecule has 0 spiro atoms. The van der Waals surface area contributed by atoms with E-state index >= 15 is 0 Å². The third-order valence-corrected chi connectivity index (χ3v) is 3.30. The SMILES string of the molecule is CCOc1cccc(CNc2c(F)cccc2Cl)c1OC. The second-order valence-corrected chi connectivity index (χ2v) is 4.74. The first-order valence-electron chi connectivity index (χ1n) is 6.64. The van der Waals surface area contributed by atoms with Gasteiger partial charge in [0, 0.05) is 12.1 Å². The summed E-state index contributed by atoms with van der Waals surface area (Å²) in [7, 11) is 1.58. The van der Waals surface area contributed by atoms with Gasteiger partial charge in [-0.05, 0) is 25.1 Å². The Morgan fingerprint density at radius 2 is 1.95 bits per heavy atom. The summed E-state index contributed by atoms with van der Waals surface area (Å²) in [5.41, 5.74) is 1.14. The molecule has 2 rings (SSSR count). The van der Waals surface area contributed by atoms with Gasteiger partial charge in [0.05, 0.1) is 24.4 Å². The van der Waals surface area contributed by atoms with Gasteiger partial charge in [-0.3, -0.25) is 0 Å². The number of anilines is 1. The van der Waals surface area contributed by atoms with E-state index in [9.17, 15) is 4.39 Å². The van der Waals surface area contributed by atoms with Crippen molar-refractivity contribution in [1.29, 1.82) is 0 Å². The van der Waals surface area contributed by atoms with E-state index in [-0.39, 0.29) is 11.5 Å². The van der Waals surface area contributed by atoms with Gasteiger partial charge in [-0.1, -0.05) is 29.8 Å². The van der Waals surface area contributed by atoms with Crippen LogP contribution in [0.4, 0.5) is 10.1 Å². The summed E-state index contributed by atoms with van der Waals surface area (Å²) >= 11 is 5.99. The third kappa shape index (κ3) is 3.58. The molecule has 0 saturated carbocycles. The molecule has 2 aromatic carbocycles. The lowest BCUT2D eigenvalue weighted by Crippen LogP contribution is -2.05. The predicted molar refractivity (Wildman–Crippen MR) is 82.9 cm³/mol. The molecule has 0 saturated heterocycles. The molecule has 0 aliphatic carbocycles. The van der Waals surface area contributed by atoms with Crippen molar-refractivity contribution in [2.45, 2.75) is 13.5 Å². The van der Waals surface area contributed by atoms with Crippen LogP contribution in [0.5, 0.6) is 11.5 Å². The zero-order chi connectivity index (χ0) is 15.2. The Hall–Kier alpha value is -1.94. The van der Waals surface area contributed by atoms with Crippen molar-refractivity contribution in [3.8, 4) is 11.5 Å². The van der Waals surface area contributed by atoms with Crippen LogP contribution in [-0.4, -0.2) is 13.7 Å². The molecule has 0 atom stereocenters. The first-order chi connectivity index (χ1) is 10.2. The average Bonchev–Trinajstić information content (AvgIpc) is 2.47. The van der Waals surface area contributed by atoms with E-state index in [1.165, 1.54) is 6.07 Å². The fourth-order valence-electron chi connectivity index (χ4n) is 2.05. The lowest BCUT2D eigenvalue weighted by Gasteiger charge is -2.15. The van der Waals surface area contributed by atoms with E-state index in [0.29, 0.717) is 29.7 Å². The number of halogens is 2. The Kier molecular flexibility index (Phi) is 5.28. The molecule has 0 heterocycles. The summed E-state index contributed by atoms with van der Waals surface area (Å²) in [5, 5.41) is 3.34. The number of benzene rings is 2. The zero-order valence-corrected chi connectivity index (χ0v) is 12.7. The molecule has 1 N–H and O–H groups in total. The maximum absolute atomic E-state index is 13.7. The standard InChI is InChI=1S/C16H17ClFNO2/c1-3-21-14-9-4-6-11(16(14)20-2)10-19-15-12(17)7-5-8-13(15)18/h4-9,19H,3,10H2,1-2H3. The van der Waals surface area contributed by atoms with E-state index in [1.54, 1.807) is 19.2 Å². The minimum absolute atomic E-state index is 0.281. The number of para-hydroxylation sites is 2. The lowest BCUT2D eigenvalue weighted by molar-refractivity contribution is 0.309. The van der Waals surface area contributed by atoms with Gasteiger partial charge in [-0.25, -0.2) is 4.39 Å². The van der Waals surface area contributed by atoms with Crippen LogP contribution < -0.4 is 14.8 Å². The van der Waals surface area contributed by atoms with Crippen LogP contribution in [0, 0.1) is 5.82 Å². The molecule has 0 aliphatic heterocycles. The molecule has 3 nitrogen and oxygen atoms in total. The number of methoxy groups -OCH3 is 1. The maximum atomic E-state index is 13.7. The van der Waals surface area contributed by atoms with E-state index in [0.717, 1.165) is 5.56 Å². The van der Waals surface area contributed by atoms with Crippen molar-refractivity contribution in [3.05, 3.63) is 52.8 Å². The molecule has 0 amide bonds. The van der Waals surface area contributed by atoms with Gasteiger partial charge in [0.2, 0.25) is 0 Å². The van der Waals surface area contributed by atoms with Gasteiger partial charge in [-0.15, -0.1) is 0 Å². The molecule has 0 radical (unpaired) electrons. The Balaban J connectivity index is 2.22. The number of ether oxygens (including phenoxy) is 2. The molecular formula is C16H17ClFNO2. The smallest absolute Gasteiger partial charge is 0.165 e. The molecule has 5 heteroatoms.